The number of guanidine groups is 1. The van der Waals surface area contributed by atoms with E-state index in [1.54, 1.807) is 0 Å². The first-order valence-corrected chi connectivity index (χ1v) is 11.1. The van der Waals surface area contributed by atoms with Gasteiger partial charge in [-0.05, 0) is 30.2 Å². The Kier molecular flexibility index (Phi) is 9.56. The van der Waals surface area contributed by atoms with Crippen LogP contribution in [0.25, 0.3) is 0 Å². The number of para-hydroxylation sites is 1. The molecule has 1 saturated heterocycles. The molecule has 1 fully saturated rings. The smallest absolute Gasteiger partial charge is 0.194 e. The summed E-state index contributed by atoms with van der Waals surface area (Å²) in [5.41, 5.74) is 3.40. The Labute approximate surface area is 212 Å². The molecule has 0 saturated carbocycles. The van der Waals surface area contributed by atoms with Gasteiger partial charge in [0.15, 0.2) is 5.96 Å². The number of benzene rings is 2. The fourth-order valence-electron chi connectivity index (χ4n) is 3.77. The highest BCUT2D eigenvalue weighted by Crippen LogP contribution is 2.22. The third-order valence-electron chi connectivity index (χ3n) is 5.45. The molecule has 1 N–H and O–H groups in total. The average Bonchev–Trinajstić information content (AvgIpc) is 3.28. The largest absolute Gasteiger partial charge is 0.489 e. The third-order valence-corrected chi connectivity index (χ3v) is 5.45. The van der Waals surface area contributed by atoms with E-state index >= 15 is 0 Å². The van der Waals surface area contributed by atoms with Crippen LogP contribution in [0.5, 0.6) is 5.75 Å². The Morgan fingerprint density at radius 3 is 2.64 bits per heavy atom. The molecule has 0 amide bonds. The molecule has 1 aliphatic heterocycles. The van der Waals surface area contributed by atoms with Gasteiger partial charge in [-0.25, -0.2) is 4.99 Å². The van der Waals surface area contributed by atoms with Crippen LogP contribution in [0, 0.1) is 0 Å². The minimum absolute atomic E-state index is 0. The molecule has 176 valence electrons. The van der Waals surface area contributed by atoms with E-state index < -0.39 is 0 Å². The van der Waals surface area contributed by atoms with E-state index in [-0.39, 0.29) is 30.1 Å². The summed E-state index contributed by atoms with van der Waals surface area (Å²) in [4.78, 5) is 7.23. The number of morpholine rings is 1. The number of nitrogens with zero attached hydrogens (tertiary/aromatic N) is 4. The molecule has 1 aliphatic rings. The van der Waals surface area contributed by atoms with Crippen molar-refractivity contribution in [1.82, 2.24) is 20.0 Å². The molecule has 1 atom stereocenters. The highest BCUT2D eigenvalue weighted by molar-refractivity contribution is 14.0. The highest BCUT2D eigenvalue weighted by atomic mass is 127. The number of nitrogens with one attached hydrogen (secondary N) is 1. The van der Waals surface area contributed by atoms with Crippen LogP contribution in [0.4, 0.5) is 0 Å². The van der Waals surface area contributed by atoms with Gasteiger partial charge in [0.2, 0.25) is 0 Å². The zero-order chi connectivity index (χ0) is 22.2. The molecule has 7 nitrogen and oxygen atoms in total. The molecule has 2 heterocycles. The lowest BCUT2D eigenvalue weighted by molar-refractivity contribution is -0.00805. The molecule has 0 radical (unpaired) electrons. The molecular formula is C25H32IN5O2. The summed E-state index contributed by atoms with van der Waals surface area (Å²) in [5, 5.41) is 7.73. The summed E-state index contributed by atoms with van der Waals surface area (Å²) < 4.78 is 13.8. The van der Waals surface area contributed by atoms with Crippen molar-refractivity contribution in [3.8, 4) is 5.75 Å². The number of hydrogen-bond donors (Lipinski definition) is 1. The van der Waals surface area contributed by atoms with Crippen LogP contribution in [0.2, 0.25) is 0 Å². The minimum atomic E-state index is -0.00661. The van der Waals surface area contributed by atoms with Gasteiger partial charge in [0.1, 0.15) is 18.5 Å². The van der Waals surface area contributed by atoms with Gasteiger partial charge in [0.05, 0.1) is 25.9 Å². The number of aryl methyl sites for hydroxylation is 1. The monoisotopic (exact) mass is 561 g/mol. The molecule has 8 heteroatoms. The number of halogens is 1. The Balaban J connectivity index is 0.00000306. The predicted molar refractivity (Wildman–Crippen MR) is 141 cm³/mol. The molecule has 33 heavy (non-hydrogen) atoms. The van der Waals surface area contributed by atoms with E-state index in [2.05, 4.69) is 40.4 Å². The van der Waals surface area contributed by atoms with Crippen LogP contribution in [-0.4, -0.2) is 46.9 Å². The zero-order valence-corrected chi connectivity index (χ0v) is 21.5. The Hall–Kier alpha value is -2.59. The van der Waals surface area contributed by atoms with Crippen molar-refractivity contribution in [2.24, 2.45) is 12.0 Å². The molecule has 4 rings (SSSR count). The van der Waals surface area contributed by atoms with E-state index in [9.17, 15) is 0 Å². The summed E-state index contributed by atoms with van der Waals surface area (Å²) in [7, 11) is 1.93. The fourth-order valence-corrected chi connectivity index (χ4v) is 3.77. The average molecular weight is 561 g/mol. The van der Waals surface area contributed by atoms with Crippen LogP contribution in [0.3, 0.4) is 0 Å². The van der Waals surface area contributed by atoms with Gasteiger partial charge in [-0.3, -0.25) is 4.68 Å². The summed E-state index contributed by atoms with van der Waals surface area (Å²) in [6.45, 7) is 6.23. The van der Waals surface area contributed by atoms with Crippen molar-refractivity contribution in [3.63, 3.8) is 0 Å². The summed E-state index contributed by atoms with van der Waals surface area (Å²) in [6, 6.07) is 18.2. The minimum Gasteiger partial charge on any atom is -0.489 e. The van der Waals surface area contributed by atoms with Crippen LogP contribution in [0.15, 0.2) is 72.0 Å². The number of aromatic nitrogens is 2. The van der Waals surface area contributed by atoms with E-state index in [4.69, 9.17) is 14.5 Å². The van der Waals surface area contributed by atoms with Crippen molar-refractivity contribution in [3.05, 3.63) is 83.7 Å². The van der Waals surface area contributed by atoms with Gasteiger partial charge in [-0.15, -0.1) is 24.0 Å². The summed E-state index contributed by atoms with van der Waals surface area (Å²) in [5.74, 6) is 1.78. The van der Waals surface area contributed by atoms with Crippen LogP contribution >= 0.6 is 24.0 Å². The summed E-state index contributed by atoms with van der Waals surface area (Å²) >= 11 is 0. The number of aliphatic imine (C=N–C) groups is 1. The second-order valence-corrected chi connectivity index (χ2v) is 7.79. The van der Waals surface area contributed by atoms with Crippen molar-refractivity contribution < 1.29 is 9.47 Å². The van der Waals surface area contributed by atoms with Crippen LogP contribution in [-0.2, 0) is 24.9 Å². The van der Waals surface area contributed by atoms with Crippen molar-refractivity contribution in [1.29, 1.82) is 0 Å². The van der Waals surface area contributed by atoms with E-state index in [1.165, 1.54) is 0 Å². The van der Waals surface area contributed by atoms with Gasteiger partial charge < -0.3 is 19.7 Å². The number of ether oxygens (including phenoxy) is 2. The lowest BCUT2D eigenvalue weighted by Gasteiger charge is -2.34. The first kappa shape index (κ1) is 25.0. The Bertz CT molecular complexity index is 1020. The second-order valence-electron chi connectivity index (χ2n) is 7.79. The first-order chi connectivity index (χ1) is 15.7. The van der Waals surface area contributed by atoms with E-state index in [0.29, 0.717) is 19.8 Å². The third kappa shape index (κ3) is 6.94. The predicted octanol–water partition coefficient (Wildman–Crippen LogP) is 4.16. The lowest BCUT2D eigenvalue weighted by Crippen LogP contribution is -2.48. The van der Waals surface area contributed by atoms with Gasteiger partial charge in [0, 0.05) is 31.9 Å². The SMILES string of the molecule is CCNC(=NCc1ccccc1COc1ccccc1)N1CCOC(c2cnn(C)c2)C1.I. The standard InChI is InChI=1S/C25H31N5O2.HI/c1-3-26-25(30-13-14-31-24(18-30)22-16-28-29(2)17-22)27-15-20-9-7-8-10-21(20)19-32-23-11-5-4-6-12-23;/h4-12,16-17,24H,3,13-15,18-19H2,1-2H3,(H,26,27);1H. The molecule has 1 unspecified atom stereocenters. The van der Waals surface area contributed by atoms with Gasteiger partial charge >= 0.3 is 0 Å². The van der Waals surface area contributed by atoms with Gasteiger partial charge in [0.25, 0.3) is 0 Å². The van der Waals surface area contributed by atoms with E-state index in [1.807, 2.05) is 60.5 Å². The Morgan fingerprint density at radius 1 is 1.15 bits per heavy atom. The second kappa shape index (κ2) is 12.6. The maximum Gasteiger partial charge on any atom is 0.194 e. The number of rotatable bonds is 7. The van der Waals surface area contributed by atoms with Crippen molar-refractivity contribution in [2.75, 3.05) is 26.2 Å². The zero-order valence-electron chi connectivity index (χ0n) is 19.2. The van der Waals surface area contributed by atoms with E-state index in [0.717, 1.165) is 48.0 Å². The lowest BCUT2D eigenvalue weighted by atomic mass is 10.1. The quantitative estimate of drug-likeness (QED) is 0.267. The van der Waals surface area contributed by atoms with Crippen LogP contribution in [0.1, 0.15) is 29.7 Å². The van der Waals surface area contributed by atoms with Crippen molar-refractivity contribution >= 4 is 29.9 Å². The van der Waals surface area contributed by atoms with Crippen LogP contribution < -0.4 is 10.1 Å². The van der Waals surface area contributed by atoms with Gasteiger partial charge in [-0.2, -0.15) is 5.10 Å². The molecule has 3 aromatic rings. The maximum absolute atomic E-state index is 6.00. The Morgan fingerprint density at radius 2 is 1.91 bits per heavy atom. The molecular weight excluding hydrogens is 529 g/mol. The molecule has 1 aromatic heterocycles. The topological polar surface area (TPSA) is 63.9 Å². The van der Waals surface area contributed by atoms with Crippen molar-refractivity contribution in [2.45, 2.75) is 26.2 Å². The maximum atomic E-state index is 6.00. The number of hydrogen-bond acceptors (Lipinski definition) is 4. The molecule has 2 aromatic carbocycles. The molecule has 0 aliphatic carbocycles. The summed E-state index contributed by atoms with van der Waals surface area (Å²) in [6.07, 6.45) is 3.88. The highest BCUT2D eigenvalue weighted by Gasteiger charge is 2.25. The van der Waals surface area contributed by atoms with Gasteiger partial charge in [-0.1, -0.05) is 42.5 Å². The first-order valence-electron chi connectivity index (χ1n) is 11.1. The fraction of sp³-hybridized carbons (Fsp3) is 0.360. The normalized spacial score (nSPS) is 16.2. The molecule has 0 bridgehead atoms. The molecule has 0 spiro atoms.